The molecule has 1 atom stereocenters. The van der Waals surface area contributed by atoms with Crippen molar-refractivity contribution in [2.45, 2.75) is 50.9 Å². The minimum Gasteiger partial charge on any atom is -0.308 e. The Labute approximate surface area is 124 Å². The van der Waals surface area contributed by atoms with E-state index < -0.39 is 0 Å². The van der Waals surface area contributed by atoms with Gasteiger partial charge in [0.05, 0.1) is 5.38 Å². The predicted octanol–water partition coefficient (Wildman–Crippen LogP) is 4.40. The van der Waals surface area contributed by atoms with E-state index in [0.717, 1.165) is 34.5 Å². The number of hydrogen-bond donors (Lipinski definition) is 0. The largest absolute Gasteiger partial charge is 0.308 e. The quantitative estimate of drug-likeness (QED) is 0.781. The Hall–Kier alpha value is -1.09. The normalized spacial score (nSPS) is 20.8. The highest BCUT2D eigenvalue weighted by Crippen LogP contribution is 2.53. The van der Waals surface area contributed by atoms with Crippen LogP contribution in [0.5, 0.6) is 0 Å². The summed E-state index contributed by atoms with van der Waals surface area (Å²) < 4.78 is 2.38. The first-order valence-electron chi connectivity index (χ1n) is 7.64. The van der Waals surface area contributed by atoms with Gasteiger partial charge in [0, 0.05) is 11.7 Å². The third-order valence-electron chi connectivity index (χ3n) is 4.57. The first-order valence-corrected chi connectivity index (χ1v) is 8.08. The monoisotopic (exact) mass is 289 g/mol. The second-order valence-electron chi connectivity index (χ2n) is 6.42. The Morgan fingerprint density at radius 3 is 2.35 bits per heavy atom. The minimum absolute atomic E-state index is 0.0653. The molecule has 0 N–H and O–H groups in total. The molecule has 0 bridgehead atoms. The third-order valence-corrected chi connectivity index (χ3v) is 4.76. The van der Waals surface area contributed by atoms with Gasteiger partial charge in [-0.3, -0.25) is 0 Å². The van der Waals surface area contributed by atoms with Crippen LogP contribution in [0, 0.1) is 18.8 Å². The standard InChI is InChI=1S/C16H20ClN3/c1-9-3-8-13-16(18-9)20(15(19-13)10(2)17)14(11-4-5-11)12-6-7-12/h3,8,10-12,14H,4-7H2,1-2H3. The molecular formula is C16H20ClN3. The number of pyridine rings is 1. The van der Waals surface area contributed by atoms with Crippen LogP contribution in [0.1, 0.15) is 55.5 Å². The molecule has 2 aliphatic carbocycles. The molecule has 1 unspecified atom stereocenters. The van der Waals surface area contributed by atoms with E-state index in [4.69, 9.17) is 21.6 Å². The summed E-state index contributed by atoms with van der Waals surface area (Å²) in [5, 5.41) is -0.0653. The van der Waals surface area contributed by atoms with E-state index in [1.807, 2.05) is 19.9 Å². The second-order valence-corrected chi connectivity index (χ2v) is 7.07. The maximum Gasteiger partial charge on any atom is 0.160 e. The zero-order valence-electron chi connectivity index (χ0n) is 12.0. The summed E-state index contributed by atoms with van der Waals surface area (Å²) in [6, 6.07) is 4.69. The van der Waals surface area contributed by atoms with Gasteiger partial charge in [-0.25, -0.2) is 9.97 Å². The molecule has 3 nitrogen and oxygen atoms in total. The van der Waals surface area contributed by atoms with Gasteiger partial charge in [0.25, 0.3) is 0 Å². The van der Waals surface area contributed by atoms with E-state index >= 15 is 0 Å². The van der Waals surface area contributed by atoms with Crippen LogP contribution in [0.4, 0.5) is 0 Å². The van der Waals surface area contributed by atoms with Gasteiger partial charge >= 0.3 is 0 Å². The fourth-order valence-electron chi connectivity index (χ4n) is 3.34. The summed E-state index contributed by atoms with van der Waals surface area (Å²) in [6.45, 7) is 4.06. The molecule has 2 fully saturated rings. The minimum atomic E-state index is -0.0653. The fourth-order valence-corrected chi connectivity index (χ4v) is 3.50. The smallest absolute Gasteiger partial charge is 0.160 e. The lowest BCUT2D eigenvalue weighted by Gasteiger charge is -2.21. The highest BCUT2D eigenvalue weighted by molar-refractivity contribution is 6.20. The van der Waals surface area contributed by atoms with Gasteiger partial charge < -0.3 is 4.57 Å². The van der Waals surface area contributed by atoms with E-state index in [2.05, 4.69) is 10.6 Å². The van der Waals surface area contributed by atoms with Gasteiger partial charge in [0.1, 0.15) is 11.3 Å². The maximum absolute atomic E-state index is 6.40. The van der Waals surface area contributed by atoms with Gasteiger partial charge in [-0.1, -0.05) is 0 Å². The number of nitrogens with zero attached hydrogens (tertiary/aromatic N) is 3. The molecule has 2 saturated carbocycles. The van der Waals surface area contributed by atoms with E-state index in [9.17, 15) is 0 Å². The van der Waals surface area contributed by atoms with Crippen molar-refractivity contribution in [2.24, 2.45) is 11.8 Å². The van der Waals surface area contributed by atoms with Crippen LogP contribution in [-0.4, -0.2) is 14.5 Å². The molecule has 0 radical (unpaired) electrons. The van der Waals surface area contributed by atoms with Gasteiger partial charge in [0.2, 0.25) is 0 Å². The zero-order chi connectivity index (χ0) is 13.9. The molecule has 106 valence electrons. The summed E-state index contributed by atoms with van der Waals surface area (Å²) in [5.74, 6) is 2.64. The Balaban J connectivity index is 1.93. The van der Waals surface area contributed by atoms with Crippen molar-refractivity contribution >= 4 is 22.8 Å². The van der Waals surface area contributed by atoms with Gasteiger partial charge in [-0.15, -0.1) is 11.6 Å². The lowest BCUT2D eigenvalue weighted by atomic mass is 10.1. The van der Waals surface area contributed by atoms with Crippen LogP contribution in [-0.2, 0) is 0 Å². The molecule has 0 amide bonds. The Bertz CT molecular complexity index is 641. The SMILES string of the molecule is Cc1ccc2nc(C(C)Cl)n(C(C3CC3)C3CC3)c2n1. The van der Waals surface area contributed by atoms with Crippen molar-refractivity contribution < 1.29 is 0 Å². The summed E-state index contributed by atoms with van der Waals surface area (Å²) in [6.07, 6.45) is 5.40. The number of aromatic nitrogens is 3. The Kier molecular flexibility index (Phi) is 2.81. The molecule has 2 aromatic heterocycles. The fraction of sp³-hybridized carbons (Fsp3) is 0.625. The van der Waals surface area contributed by atoms with Crippen molar-refractivity contribution in [3.63, 3.8) is 0 Å². The molecule has 0 aliphatic heterocycles. The number of fused-ring (bicyclic) bond motifs is 1. The second kappa shape index (κ2) is 4.45. The first-order chi connectivity index (χ1) is 9.65. The molecule has 0 saturated heterocycles. The molecular weight excluding hydrogens is 270 g/mol. The van der Waals surface area contributed by atoms with Crippen molar-refractivity contribution in [1.29, 1.82) is 0 Å². The first kappa shape index (κ1) is 12.6. The van der Waals surface area contributed by atoms with Crippen molar-refractivity contribution in [3.05, 3.63) is 23.7 Å². The van der Waals surface area contributed by atoms with Gasteiger partial charge in [0.15, 0.2) is 5.65 Å². The van der Waals surface area contributed by atoms with Crippen LogP contribution in [0.3, 0.4) is 0 Å². The molecule has 2 aromatic rings. The molecule has 4 rings (SSSR count). The molecule has 0 spiro atoms. The van der Waals surface area contributed by atoms with Crippen molar-refractivity contribution in [1.82, 2.24) is 14.5 Å². The summed E-state index contributed by atoms with van der Waals surface area (Å²) >= 11 is 6.40. The topological polar surface area (TPSA) is 30.7 Å². The Morgan fingerprint density at radius 2 is 1.80 bits per heavy atom. The molecule has 0 aromatic carbocycles. The number of rotatable bonds is 4. The van der Waals surface area contributed by atoms with E-state index in [-0.39, 0.29) is 5.38 Å². The average Bonchev–Trinajstić information content (AvgIpc) is 3.29. The summed E-state index contributed by atoms with van der Waals surface area (Å²) in [5.41, 5.74) is 3.08. The number of alkyl halides is 1. The van der Waals surface area contributed by atoms with Crippen LogP contribution in [0.2, 0.25) is 0 Å². The maximum atomic E-state index is 6.40. The van der Waals surface area contributed by atoms with E-state index in [1.165, 1.54) is 25.7 Å². The molecule has 4 heteroatoms. The van der Waals surface area contributed by atoms with Gasteiger partial charge in [-0.2, -0.15) is 0 Å². The van der Waals surface area contributed by atoms with E-state index in [1.54, 1.807) is 0 Å². The lowest BCUT2D eigenvalue weighted by Crippen LogP contribution is -2.17. The number of hydrogen-bond acceptors (Lipinski definition) is 2. The van der Waals surface area contributed by atoms with Crippen molar-refractivity contribution in [2.75, 3.05) is 0 Å². The highest BCUT2D eigenvalue weighted by Gasteiger charge is 2.44. The van der Waals surface area contributed by atoms with Gasteiger partial charge in [-0.05, 0) is 63.5 Å². The highest BCUT2D eigenvalue weighted by atomic mass is 35.5. The third kappa shape index (κ3) is 2.03. The predicted molar refractivity (Wildman–Crippen MR) is 81.0 cm³/mol. The number of imidazole rings is 1. The molecule has 2 heterocycles. The van der Waals surface area contributed by atoms with Crippen LogP contribution >= 0.6 is 11.6 Å². The van der Waals surface area contributed by atoms with Crippen LogP contribution in [0.15, 0.2) is 12.1 Å². The Morgan fingerprint density at radius 1 is 1.15 bits per heavy atom. The summed E-state index contributed by atoms with van der Waals surface area (Å²) in [4.78, 5) is 9.52. The van der Waals surface area contributed by atoms with Crippen LogP contribution in [0.25, 0.3) is 11.2 Å². The van der Waals surface area contributed by atoms with Crippen LogP contribution < -0.4 is 0 Å². The van der Waals surface area contributed by atoms with E-state index in [0.29, 0.717) is 6.04 Å². The lowest BCUT2D eigenvalue weighted by molar-refractivity contribution is 0.390. The number of halogens is 1. The van der Waals surface area contributed by atoms with Crippen molar-refractivity contribution in [3.8, 4) is 0 Å². The zero-order valence-corrected chi connectivity index (χ0v) is 12.8. The number of aryl methyl sites for hydroxylation is 1. The average molecular weight is 290 g/mol. The molecule has 20 heavy (non-hydrogen) atoms. The molecule has 2 aliphatic rings. The summed E-state index contributed by atoms with van der Waals surface area (Å²) in [7, 11) is 0.